The summed E-state index contributed by atoms with van der Waals surface area (Å²) in [6, 6.07) is 12.8. The molecule has 1 N–H and O–H groups in total. The molecule has 3 rings (SSSR count). The fourth-order valence-electron chi connectivity index (χ4n) is 2.75. The van der Waals surface area contributed by atoms with Crippen molar-refractivity contribution in [1.82, 2.24) is 0 Å². The molecule has 2 aromatic rings. The van der Waals surface area contributed by atoms with Crippen molar-refractivity contribution in [3.63, 3.8) is 0 Å². The topological polar surface area (TPSA) is 40.2 Å². The van der Waals surface area contributed by atoms with E-state index in [4.69, 9.17) is 0 Å². The minimum atomic E-state index is 0. The van der Waals surface area contributed by atoms with Crippen molar-refractivity contribution in [1.29, 1.82) is 0 Å². The van der Waals surface area contributed by atoms with Crippen molar-refractivity contribution in [3.05, 3.63) is 63.0 Å². The predicted octanol–water partition coefficient (Wildman–Crippen LogP) is 4.62. The Hall–Kier alpha value is -1.41. The smallest absolute Gasteiger partial charge is 0.668 e. The van der Waals surface area contributed by atoms with Crippen LogP contribution in [0, 0.1) is 0 Å². The second-order valence-electron chi connectivity index (χ2n) is 7.18. The Kier molecular flexibility index (Phi) is 11.5. The Bertz CT molecular complexity index is 818. The minimum Gasteiger partial charge on any atom is -0.668 e. The first-order valence-corrected chi connectivity index (χ1v) is 8.89. The van der Waals surface area contributed by atoms with Gasteiger partial charge in [-0.3, -0.25) is 0 Å². The van der Waals surface area contributed by atoms with Crippen LogP contribution in [0.15, 0.2) is 36.4 Å². The fraction of sp³-hybridized carbons (Fsp3) is 0.391. The molecule has 0 bridgehead atoms. The first kappa shape index (κ1) is 25.6. The van der Waals surface area contributed by atoms with Gasteiger partial charge < -0.3 is 16.0 Å². The molecule has 27 heavy (non-hydrogen) atoms. The summed E-state index contributed by atoms with van der Waals surface area (Å²) >= 11 is 0. The van der Waals surface area contributed by atoms with Crippen LogP contribution in [-0.2, 0) is 21.1 Å². The zero-order chi connectivity index (χ0) is 19.7. The van der Waals surface area contributed by atoms with E-state index in [0.29, 0.717) is 0 Å². The van der Waals surface area contributed by atoms with Crippen molar-refractivity contribution in [2.24, 2.45) is 0 Å². The number of nitrogens with one attached hydrogen (secondary N) is 1. The van der Waals surface area contributed by atoms with E-state index in [-0.39, 0.29) is 26.6 Å². The van der Waals surface area contributed by atoms with E-state index in [1.165, 1.54) is 32.8 Å². The maximum Gasteiger partial charge on any atom is 3.00 e. The summed E-state index contributed by atoms with van der Waals surface area (Å²) in [4.78, 5) is 0. The van der Waals surface area contributed by atoms with Gasteiger partial charge in [-0.2, -0.15) is 28.2 Å². The average Bonchev–Trinajstić information content (AvgIpc) is 2.93. The van der Waals surface area contributed by atoms with Gasteiger partial charge in [0.25, 0.3) is 0 Å². The van der Waals surface area contributed by atoms with Gasteiger partial charge in [-0.05, 0) is 20.8 Å². The fourth-order valence-corrected chi connectivity index (χ4v) is 2.75. The Morgan fingerprint density at radius 1 is 0.889 bits per heavy atom. The molecule has 1 aliphatic carbocycles. The number of benzene rings is 2. The molecule has 0 saturated heterocycles. The van der Waals surface area contributed by atoms with Crippen LogP contribution in [0.4, 0.5) is 5.69 Å². The zero-order valence-corrected chi connectivity index (χ0v) is 19.9. The molecule has 0 spiro atoms. The Morgan fingerprint density at radius 3 is 1.96 bits per heavy atom. The Morgan fingerprint density at radius 2 is 1.44 bits per heavy atom. The summed E-state index contributed by atoms with van der Waals surface area (Å²) in [6.07, 6.45) is 5.72. The van der Waals surface area contributed by atoms with Gasteiger partial charge in [0.15, 0.2) is 0 Å². The van der Waals surface area contributed by atoms with Gasteiger partial charge in [0.2, 0.25) is 0 Å². The van der Waals surface area contributed by atoms with Gasteiger partial charge in [0, 0.05) is 11.2 Å². The monoisotopic (exact) mass is 448 g/mol. The van der Waals surface area contributed by atoms with Crippen LogP contribution in [0.25, 0.3) is 33.9 Å². The molecule has 4 heteroatoms. The maximum atomic E-state index is 3.59. The Balaban J connectivity index is 0.000000860. The Labute approximate surface area is 179 Å². The first-order chi connectivity index (χ1) is 12.3. The van der Waals surface area contributed by atoms with E-state index in [1.807, 2.05) is 0 Å². The van der Waals surface area contributed by atoms with Gasteiger partial charge in [-0.25, -0.2) is 0 Å². The second kappa shape index (κ2) is 12.1. The van der Waals surface area contributed by atoms with Crippen LogP contribution in [0.3, 0.4) is 0 Å². The van der Waals surface area contributed by atoms with E-state index in [2.05, 4.69) is 92.2 Å². The predicted molar refractivity (Wildman–Crippen MR) is 118 cm³/mol. The third-order valence-electron chi connectivity index (χ3n) is 3.52. The molecule has 0 saturated carbocycles. The molecule has 3 nitrogen and oxygen atoms in total. The van der Waals surface area contributed by atoms with Crippen molar-refractivity contribution in [3.8, 4) is 11.1 Å². The third-order valence-corrected chi connectivity index (χ3v) is 3.52. The van der Waals surface area contributed by atoms with Crippen molar-refractivity contribution >= 4 is 17.8 Å². The number of rotatable bonds is 1. The van der Waals surface area contributed by atoms with Crippen LogP contribution < -0.4 is 15.8 Å². The molecule has 145 valence electrons. The summed E-state index contributed by atoms with van der Waals surface area (Å²) in [5.74, 6) is 0. The van der Waals surface area contributed by atoms with Crippen LogP contribution in [-0.4, -0.2) is 33.7 Å². The summed E-state index contributed by atoms with van der Waals surface area (Å²) in [5.41, 5.74) is 5.00. The van der Waals surface area contributed by atoms with Crippen LogP contribution in [0.2, 0.25) is 0 Å². The summed E-state index contributed by atoms with van der Waals surface area (Å²) in [7, 11) is 7.00. The molecule has 1 aliphatic rings. The molecule has 0 atom stereocenters. The van der Waals surface area contributed by atoms with Crippen LogP contribution in [0.5, 0.6) is 0 Å². The van der Waals surface area contributed by atoms with Gasteiger partial charge in [0.1, 0.15) is 0 Å². The van der Waals surface area contributed by atoms with E-state index in [1.54, 1.807) is 28.2 Å². The van der Waals surface area contributed by atoms with E-state index in [9.17, 15) is 0 Å². The number of hydrogen-bond acceptors (Lipinski definition) is 1. The normalized spacial score (nSPS) is 11.5. The molecular weight excluding hydrogens is 414 g/mol. The van der Waals surface area contributed by atoms with E-state index < -0.39 is 0 Å². The molecule has 0 aliphatic heterocycles. The number of hydrogen-bond donors (Lipinski definition) is 1. The number of fused-ring (bicyclic) bond motifs is 3. The maximum absolute atomic E-state index is 3.59. The van der Waals surface area contributed by atoms with Crippen molar-refractivity contribution < 1.29 is 21.1 Å². The molecule has 0 unspecified atom stereocenters. The van der Waals surface area contributed by atoms with Crippen LogP contribution in [0.1, 0.15) is 33.3 Å². The molecule has 0 aromatic heterocycles. The molecule has 0 amide bonds. The average molecular weight is 446 g/mol. The molecule has 0 heterocycles. The van der Waals surface area contributed by atoms with Gasteiger partial charge in [-0.15, -0.1) is 40.1 Å². The molecule has 1 radical (unpaired) electrons. The van der Waals surface area contributed by atoms with Gasteiger partial charge in [-0.1, -0.05) is 42.5 Å². The summed E-state index contributed by atoms with van der Waals surface area (Å²) in [6.45, 7) is 8.64. The first-order valence-electron chi connectivity index (χ1n) is 8.89. The minimum absolute atomic E-state index is 0. The summed E-state index contributed by atoms with van der Waals surface area (Å²) < 4.78 is 0. The van der Waals surface area contributed by atoms with Crippen molar-refractivity contribution in [2.45, 2.75) is 33.2 Å². The largest absolute Gasteiger partial charge is 3.00 e. The number of nitrogens with zero attached hydrogens (tertiary/aromatic N) is 2. The standard InChI is InChI=1S/C19H20N.2C2H6N.Mo/c1-5-14-17-12-13-8-6-7-9-15(13)16(17)10-11-18(14)20-19(2,3)4;2*1-3-2;/h5-11,20H,1-4H3;2*1-2H3;/q3*-1;+3. The van der Waals surface area contributed by atoms with Gasteiger partial charge in [0.05, 0.1) is 0 Å². The quantitative estimate of drug-likeness (QED) is 0.430. The molecule has 0 fully saturated rings. The third kappa shape index (κ3) is 7.25. The zero-order valence-electron chi connectivity index (χ0n) is 17.8. The van der Waals surface area contributed by atoms with Crippen LogP contribution >= 0.6 is 0 Å². The van der Waals surface area contributed by atoms with E-state index >= 15 is 0 Å². The molecular formula is C23H32MoN3. The SMILES string of the molecule is CC=c1c(NC(C)(C)C)ccc2c1=[C-]c1ccccc1-2.C[N-]C.C[N-]C.[Mo+3]. The van der Waals surface area contributed by atoms with E-state index in [0.717, 1.165) is 0 Å². The van der Waals surface area contributed by atoms with Gasteiger partial charge >= 0.3 is 21.1 Å². The molecule has 2 aromatic carbocycles. The second-order valence-corrected chi connectivity index (χ2v) is 7.18. The summed E-state index contributed by atoms with van der Waals surface area (Å²) in [5, 5.41) is 13.0. The van der Waals surface area contributed by atoms with Crippen molar-refractivity contribution in [2.75, 3.05) is 33.5 Å². The number of anilines is 1.